The molecule has 0 aliphatic carbocycles. The zero-order chi connectivity index (χ0) is 22.2. The summed E-state index contributed by atoms with van der Waals surface area (Å²) in [5.74, 6) is -0.192. The maximum atomic E-state index is 13.0. The number of hydrogen-bond donors (Lipinski definition) is 0. The van der Waals surface area contributed by atoms with Crippen LogP contribution in [0.2, 0.25) is 5.02 Å². The van der Waals surface area contributed by atoms with E-state index in [1.165, 1.54) is 24.3 Å². The van der Waals surface area contributed by atoms with Gasteiger partial charge < -0.3 is 9.47 Å². The molecule has 1 atom stereocenters. The van der Waals surface area contributed by atoms with E-state index in [0.717, 1.165) is 5.56 Å². The number of pyridine rings is 1. The van der Waals surface area contributed by atoms with E-state index in [2.05, 4.69) is 4.98 Å². The van der Waals surface area contributed by atoms with E-state index in [0.29, 0.717) is 22.3 Å². The highest BCUT2D eigenvalue weighted by molar-refractivity contribution is 6.30. The highest BCUT2D eigenvalue weighted by Gasteiger charge is 2.21. The van der Waals surface area contributed by atoms with Crippen LogP contribution >= 0.6 is 11.6 Å². The van der Waals surface area contributed by atoms with Crippen molar-refractivity contribution in [3.8, 4) is 11.6 Å². The second-order valence-corrected chi connectivity index (χ2v) is 7.75. The molecule has 0 saturated carbocycles. The van der Waals surface area contributed by atoms with Crippen LogP contribution in [0.1, 0.15) is 25.1 Å². The molecule has 0 aliphatic heterocycles. The Morgan fingerprint density at radius 1 is 1.06 bits per heavy atom. The second kappa shape index (κ2) is 10.7. The summed E-state index contributed by atoms with van der Waals surface area (Å²) < 4.78 is 24.1. The molecule has 4 nitrogen and oxygen atoms in total. The lowest BCUT2D eigenvalue weighted by Crippen LogP contribution is -2.21. The van der Waals surface area contributed by atoms with Crippen molar-refractivity contribution >= 4 is 23.6 Å². The van der Waals surface area contributed by atoms with Crippen molar-refractivity contribution in [1.29, 1.82) is 0 Å². The van der Waals surface area contributed by atoms with Gasteiger partial charge in [0.2, 0.25) is 5.88 Å². The molecule has 3 aromatic rings. The van der Waals surface area contributed by atoms with Crippen LogP contribution in [0.3, 0.4) is 0 Å². The molecule has 0 fully saturated rings. The van der Waals surface area contributed by atoms with Gasteiger partial charge in [-0.05, 0) is 53.9 Å². The first-order chi connectivity index (χ1) is 14.9. The molecular weight excluding hydrogens is 417 g/mol. The van der Waals surface area contributed by atoms with Crippen molar-refractivity contribution in [2.24, 2.45) is 11.8 Å². The number of aromatic nitrogens is 1. The summed E-state index contributed by atoms with van der Waals surface area (Å²) in [6.45, 7) is 3.96. The molecule has 3 rings (SSSR count). The summed E-state index contributed by atoms with van der Waals surface area (Å²) in [5, 5.41) is 0.662. The smallest absolute Gasteiger partial charge is 0.313 e. The van der Waals surface area contributed by atoms with E-state index < -0.39 is 5.92 Å². The van der Waals surface area contributed by atoms with E-state index in [4.69, 9.17) is 21.1 Å². The monoisotopic (exact) mass is 439 g/mol. The number of nitrogens with zero attached hydrogens (tertiary/aromatic N) is 1. The first-order valence-corrected chi connectivity index (χ1v) is 10.3. The van der Waals surface area contributed by atoms with E-state index in [1.54, 1.807) is 30.3 Å². The van der Waals surface area contributed by atoms with Crippen molar-refractivity contribution in [1.82, 2.24) is 4.98 Å². The Morgan fingerprint density at radius 3 is 2.45 bits per heavy atom. The van der Waals surface area contributed by atoms with Crippen LogP contribution in [0.4, 0.5) is 4.39 Å². The molecule has 0 radical (unpaired) electrons. The molecule has 0 amide bonds. The van der Waals surface area contributed by atoms with Gasteiger partial charge in [-0.2, -0.15) is 0 Å². The Bertz CT molecular complexity index is 1030. The Kier molecular flexibility index (Phi) is 7.79. The maximum Gasteiger partial charge on any atom is 0.313 e. The van der Waals surface area contributed by atoms with Crippen molar-refractivity contribution < 1.29 is 18.7 Å². The standard InChI is InChI=1S/C25H23ClFNO3/c1-17(2)23(15-8-18-6-9-19(26)10-7-18)25(29)30-16-21-4-3-5-24(28-21)31-22-13-11-20(27)12-14-22/h3-15,17,23H,16H2,1-2H3. The highest BCUT2D eigenvalue weighted by Crippen LogP contribution is 2.21. The Balaban J connectivity index is 1.61. The van der Waals surface area contributed by atoms with E-state index in [9.17, 15) is 9.18 Å². The third kappa shape index (κ3) is 6.93. The normalized spacial score (nSPS) is 12.2. The number of ether oxygens (including phenoxy) is 2. The zero-order valence-corrected chi connectivity index (χ0v) is 18.1. The average molecular weight is 440 g/mol. The van der Waals surface area contributed by atoms with Gasteiger partial charge in [0.15, 0.2) is 0 Å². The van der Waals surface area contributed by atoms with Gasteiger partial charge in [-0.3, -0.25) is 4.79 Å². The quantitative estimate of drug-likeness (QED) is 0.366. The van der Waals surface area contributed by atoms with Crippen LogP contribution in [-0.4, -0.2) is 11.0 Å². The van der Waals surface area contributed by atoms with Crippen LogP contribution in [-0.2, 0) is 16.1 Å². The van der Waals surface area contributed by atoms with Crippen LogP contribution in [0, 0.1) is 17.7 Å². The zero-order valence-electron chi connectivity index (χ0n) is 17.3. The summed E-state index contributed by atoms with van der Waals surface area (Å²) >= 11 is 5.91. The molecule has 1 unspecified atom stereocenters. The fraction of sp³-hybridized carbons (Fsp3) is 0.200. The maximum absolute atomic E-state index is 13.0. The molecule has 0 aliphatic rings. The third-order valence-corrected chi connectivity index (χ3v) is 4.79. The molecule has 1 heterocycles. The van der Waals surface area contributed by atoms with Gasteiger partial charge in [0.25, 0.3) is 0 Å². The van der Waals surface area contributed by atoms with Gasteiger partial charge in [0.05, 0.1) is 11.6 Å². The van der Waals surface area contributed by atoms with Crippen molar-refractivity contribution in [2.75, 3.05) is 0 Å². The topological polar surface area (TPSA) is 48.4 Å². The summed E-state index contributed by atoms with van der Waals surface area (Å²) in [7, 11) is 0. The molecule has 0 bridgehead atoms. The van der Waals surface area contributed by atoms with Crippen molar-refractivity contribution in [3.05, 3.63) is 94.9 Å². The van der Waals surface area contributed by atoms with E-state index in [1.807, 2.05) is 38.1 Å². The molecule has 1 aromatic heterocycles. The number of carbonyl (C=O) groups excluding carboxylic acids is 1. The number of carbonyl (C=O) groups is 1. The first-order valence-electron chi connectivity index (χ1n) is 9.90. The fourth-order valence-electron chi connectivity index (χ4n) is 2.82. The number of rotatable bonds is 8. The molecule has 0 N–H and O–H groups in total. The Morgan fingerprint density at radius 2 is 1.77 bits per heavy atom. The van der Waals surface area contributed by atoms with Gasteiger partial charge in [-0.15, -0.1) is 0 Å². The van der Waals surface area contributed by atoms with Crippen molar-refractivity contribution in [2.45, 2.75) is 20.5 Å². The minimum Gasteiger partial charge on any atom is -0.459 e. The summed E-state index contributed by atoms with van der Waals surface area (Å²) in [6, 6.07) is 18.2. The molecular formula is C25H23ClFNO3. The Hall–Kier alpha value is -3.18. The lowest BCUT2D eigenvalue weighted by molar-refractivity contribution is -0.149. The lowest BCUT2D eigenvalue weighted by Gasteiger charge is -2.16. The average Bonchev–Trinajstić information content (AvgIpc) is 2.75. The number of halogens is 2. The molecule has 2 aromatic carbocycles. The number of esters is 1. The van der Waals surface area contributed by atoms with Gasteiger partial charge in [-0.1, -0.05) is 55.8 Å². The molecule has 31 heavy (non-hydrogen) atoms. The van der Waals surface area contributed by atoms with Gasteiger partial charge in [0, 0.05) is 11.1 Å². The van der Waals surface area contributed by atoms with Gasteiger partial charge in [0.1, 0.15) is 18.2 Å². The van der Waals surface area contributed by atoms with Crippen LogP contribution in [0.15, 0.2) is 72.8 Å². The molecule has 0 spiro atoms. The van der Waals surface area contributed by atoms with Crippen LogP contribution in [0.25, 0.3) is 6.08 Å². The number of hydrogen-bond acceptors (Lipinski definition) is 4. The second-order valence-electron chi connectivity index (χ2n) is 7.31. The summed E-state index contributed by atoms with van der Waals surface area (Å²) in [6.07, 6.45) is 3.73. The Labute approximate surface area is 186 Å². The predicted molar refractivity (Wildman–Crippen MR) is 119 cm³/mol. The SMILES string of the molecule is CC(C)C(C=Cc1ccc(Cl)cc1)C(=O)OCc1cccc(Oc2ccc(F)cc2)n1. The van der Waals surface area contributed by atoms with E-state index >= 15 is 0 Å². The fourth-order valence-corrected chi connectivity index (χ4v) is 2.95. The van der Waals surface area contributed by atoms with Gasteiger partial charge in [-0.25, -0.2) is 9.37 Å². The van der Waals surface area contributed by atoms with Crippen LogP contribution in [0.5, 0.6) is 11.6 Å². The summed E-state index contributed by atoms with van der Waals surface area (Å²) in [5.41, 5.74) is 1.51. The van der Waals surface area contributed by atoms with E-state index in [-0.39, 0.29) is 24.3 Å². The predicted octanol–water partition coefficient (Wildman–Crippen LogP) is 6.70. The summed E-state index contributed by atoms with van der Waals surface area (Å²) in [4.78, 5) is 17.0. The molecule has 6 heteroatoms. The molecule has 160 valence electrons. The van der Waals surface area contributed by atoms with Crippen molar-refractivity contribution in [3.63, 3.8) is 0 Å². The molecule has 0 saturated heterocycles. The minimum absolute atomic E-state index is 0.0253. The minimum atomic E-state index is -0.394. The van der Waals surface area contributed by atoms with Crippen LogP contribution < -0.4 is 4.74 Å². The highest BCUT2D eigenvalue weighted by atomic mass is 35.5. The third-order valence-electron chi connectivity index (χ3n) is 4.54. The first kappa shape index (κ1) is 22.5. The number of benzene rings is 2. The van der Waals surface area contributed by atoms with Gasteiger partial charge >= 0.3 is 5.97 Å². The largest absolute Gasteiger partial charge is 0.459 e. The lowest BCUT2D eigenvalue weighted by atomic mass is 9.95.